The zero-order valence-electron chi connectivity index (χ0n) is 21.3. The number of carbonyl (C=O) groups is 4. The molecular weight excluding hydrogens is 476 g/mol. The van der Waals surface area contributed by atoms with Crippen LogP contribution in [0.5, 0.6) is 5.75 Å². The molecule has 37 heavy (non-hydrogen) atoms. The Bertz CT molecular complexity index is 1140. The number of nitrogens with zero attached hydrogens (tertiary/aromatic N) is 1. The molecule has 196 valence electrons. The number of amides is 4. The van der Waals surface area contributed by atoms with E-state index in [1.807, 2.05) is 0 Å². The SMILES string of the molecule is C#CN(C(=O)C(CCC(N)=O)NC(=O)OC(C)(C)C)C(C(=O)Nc1ccc(OC)cc1)c1ccccc1. The lowest BCUT2D eigenvalue weighted by atomic mass is 10.0. The molecule has 10 heteroatoms. The summed E-state index contributed by atoms with van der Waals surface area (Å²) in [5, 5.41) is 5.20. The molecule has 0 aliphatic carbocycles. The highest BCUT2D eigenvalue weighted by Crippen LogP contribution is 2.25. The van der Waals surface area contributed by atoms with Gasteiger partial charge in [-0.1, -0.05) is 36.8 Å². The lowest BCUT2D eigenvalue weighted by Gasteiger charge is -2.30. The predicted molar refractivity (Wildman–Crippen MR) is 138 cm³/mol. The number of terminal acetylenes is 1. The van der Waals surface area contributed by atoms with E-state index >= 15 is 0 Å². The quantitative estimate of drug-likeness (QED) is 0.333. The van der Waals surface area contributed by atoms with Gasteiger partial charge in [-0.2, -0.15) is 0 Å². The van der Waals surface area contributed by atoms with E-state index in [2.05, 4.69) is 16.7 Å². The molecule has 0 saturated carbocycles. The Morgan fingerprint density at radius 2 is 1.68 bits per heavy atom. The second-order valence-corrected chi connectivity index (χ2v) is 9.07. The number of alkyl carbamates (subject to hydrolysis) is 1. The number of anilines is 1. The second kappa shape index (κ2) is 13.0. The number of nitrogens with two attached hydrogens (primary N) is 1. The molecule has 4 N–H and O–H groups in total. The van der Waals surface area contributed by atoms with Gasteiger partial charge in [-0.05, 0) is 57.0 Å². The third-order valence-corrected chi connectivity index (χ3v) is 5.02. The van der Waals surface area contributed by atoms with Gasteiger partial charge in [0.1, 0.15) is 23.4 Å². The molecular formula is C27H32N4O6. The van der Waals surface area contributed by atoms with Gasteiger partial charge in [-0.25, -0.2) is 4.79 Å². The molecule has 0 spiro atoms. The monoisotopic (exact) mass is 508 g/mol. The van der Waals surface area contributed by atoms with Crippen molar-refractivity contribution in [1.82, 2.24) is 10.2 Å². The predicted octanol–water partition coefficient (Wildman–Crippen LogP) is 2.95. The van der Waals surface area contributed by atoms with Gasteiger partial charge in [0.2, 0.25) is 5.91 Å². The number of methoxy groups -OCH3 is 1. The minimum Gasteiger partial charge on any atom is -0.497 e. The third kappa shape index (κ3) is 8.89. The van der Waals surface area contributed by atoms with Gasteiger partial charge in [0, 0.05) is 18.2 Å². The van der Waals surface area contributed by atoms with E-state index < -0.39 is 41.5 Å². The molecule has 0 saturated heterocycles. The van der Waals surface area contributed by atoms with Crippen LogP contribution in [0.2, 0.25) is 0 Å². The molecule has 10 nitrogen and oxygen atoms in total. The molecule has 2 aromatic carbocycles. The topological polar surface area (TPSA) is 140 Å². The Kier molecular flexibility index (Phi) is 10.1. The van der Waals surface area contributed by atoms with Gasteiger partial charge in [-0.3, -0.25) is 19.3 Å². The van der Waals surface area contributed by atoms with E-state index in [1.54, 1.807) is 75.4 Å². The maximum atomic E-state index is 13.6. The number of primary amides is 1. The number of hydrogen-bond donors (Lipinski definition) is 3. The average Bonchev–Trinajstić information content (AvgIpc) is 2.84. The summed E-state index contributed by atoms with van der Waals surface area (Å²) < 4.78 is 10.4. The Labute approximate surface area is 216 Å². The Morgan fingerprint density at radius 1 is 1.05 bits per heavy atom. The summed E-state index contributed by atoms with van der Waals surface area (Å²) in [5.74, 6) is -1.45. The van der Waals surface area contributed by atoms with Gasteiger partial charge in [0.25, 0.3) is 11.8 Å². The fraction of sp³-hybridized carbons (Fsp3) is 0.333. The summed E-state index contributed by atoms with van der Waals surface area (Å²) in [5.41, 5.74) is 5.32. The van der Waals surface area contributed by atoms with Crippen molar-refractivity contribution in [2.24, 2.45) is 5.73 Å². The van der Waals surface area contributed by atoms with Gasteiger partial charge < -0.3 is 25.8 Å². The van der Waals surface area contributed by atoms with Crippen molar-refractivity contribution in [3.8, 4) is 18.2 Å². The summed E-state index contributed by atoms with van der Waals surface area (Å²) in [6, 6.07) is 14.8. The molecule has 0 aromatic heterocycles. The molecule has 2 rings (SSSR count). The number of nitrogens with one attached hydrogen (secondary N) is 2. The zero-order valence-corrected chi connectivity index (χ0v) is 21.3. The van der Waals surface area contributed by atoms with Crippen LogP contribution in [0.4, 0.5) is 10.5 Å². The Balaban J connectivity index is 2.40. The van der Waals surface area contributed by atoms with Crippen molar-refractivity contribution in [2.75, 3.05) is 12.4 Å². The lowest BCUT2D eigenvalue weighted by molar-refractivity contribution is -0.137. The van der Waals surface area contributed by atoms with Gasteiger partial charge in [0.05, 0.1) is 7.11 Å². The van der Waals surface area contributed by atoms with Crippen LogP contribution < -0.4 is 21.1 Å². The van der Waals surface area contributed by atoms with Crippen molar-refractivity contribution < 1.29 is 28.7 Å². The first-order valence-electron chi connectivity index (χ1n) is 11.5. The van der Waals surface area contributed by atoms with E-state index in [1.165, 1.54) is 7.11 Å². The first-order chi connectivity index (χ1) is 17.4. The normalized spacial score (nSPS) is 12.3. The van der Waals surface area contributed by atoms with Crippen molar-refractivity contribution >= 4 is 29.5 Å². The minimum absolute atomic E-state index is 0.146. The first-order valence-corrected chi connectivity index (χ1v) is 11.5. The van der Waals surface area contributed by atoms with Gasteiger partial charge in [-0.15, -0.1) is 0 Å². The van der Waals surface area contributed by atoms with Gasteiger partial charge >= 0.3 is 6.09 Å². The van der Waals surface area contributed by atoms with Crippen LogP contribution in [0.1, 0.15) is 45.2 Å². The standard InChI is InChI=1S/C27H32N4O6/c1-6-31(25(34)21(16-17-22(28)32)30-26(35)37-27(2,3)4)23(18-10-8-7-9-11-18)24(33)29-19-12-14-20(36-5)15-13-19/h1,7-15,21,23H,16-17H2,2-5H3,(H2,28,32)(H,29,33)(H,30,35). The number of rotatable bonds is 10. The van der Waals surface area contributed by atoms with E-state index in [9.17, 15) is 19.2 Å². The number of benzene rings is 2. The molecule has 0 aliphatic heterocycles. The highest BCUT2D eigenvalue weighted by molar-refractivity contribution is 5.99. The van der Waals surface area contributed by atoms with Crippen LogP contribution >= 0.6 is 0 Å². The molecule has 4 amide bonds. The summed E-state index contributed by atoms with van der Waals surface area (Å²) in [6.07, 6.45) is 4.49. The summed E-state index contributed by atoms with van der Waals surface area (Å²) >= 11 is 0. The Hall–Kier alpha value is -4.52. The Morgan fingerprint density at radius 3 is 2.19 bits per heavy atom. The first kappa shape index (κ1) is 28.7. The number of carbonyl (C=O) groups excluding carboxylic acids is 4. The molecule has 0 fully saturated rings. The molecule has 2 unspecified atom stereocenters. The lowest BCUT2D eigenvalue weighted by Crippen LogP contribution is -2.51. The molecule has 2 aromatic rings. The third-order valence-electron chi connectivity index (χ3n) is 5.02. The van der Waals surface area contributed by atoms with Crippen molar-refractivity contribution in [2.45, 2.75) is 51.3 Å². The summed E-state index contributed by atoms with van der Waals surface area (Å²) in [4.78, 5) is 51.8. The second-order valence-electron chi connectivity index (χ2n) is 9.07. The minimum atomic E-state index is -1.28. The fourth-order valence-electron chi connectivity index (χ4n) is 3.37. The highest BCUT2D eigenvalue weighted by Gasteiger charge is 2.36. The van der Waals surface area contributed by atoms with Crippen molar-refractivity contribution in [3.63, 3.8) is 0 Å². The highest BCUT2D eigenvalue weighted by atomic mass is 16.6. The van der Waals surface area contributed by atoms with E-state index in [0.29, 0.717) is 17.0 Å². The average molecular weight is 509 g/mol. The van der Waals surface area contributed by atoms with E-state index in [0.717, 1.165) is 4.90 Å². The maximum Gasteiger partial charge on any atom is 0.408 e. The summed E-state index contributed by atoms with van der Waals surface area (Å²) in [6.45, 7) is 4.99. The molecule has 2 atom stereocenters. The van der Waals surface area contributed by atoms with E-state index in [-0.39, 0.29) is 12.8 Å². The number of ether oxygens (including phenoxy) is 2. The molecule has 0 aliphatic rings. The molecule has 0 radical (unpaired) electrons. The largest absolute Gasteiger partial charge is 0.497 e. The summed E-state index contributed by atoms with van der Waals surface area (Å²) in [7, 11) is 1.52. The van der Waals surface area contributed by atoms with Crippen LogP contribution in [-0.4, -0.2) is 47.5 Å². The van der Waals surface area contributed by atoms with E-state index in [4.69, 9.17) is 21.6 Å². The maximum absolute atomic E-state index is 13.6. The zero-order chi connectivity index (χ0) is 27.6. The number of hydrogen-bond acceptors (Lipinski definition) is 6. The van der Waals surface area contributed by atoms with Crippen molar-refractivity contribution in [1.29, 1.82) is 0 Å². The van der Waals surface area contributed by atoms with Crippen molar-refractivity contribution in [3.05, 3.63) is 60.2 Å². The van der Waals surface area contributed by atoms with Crippen LogP contribution in [0.15, 0.2) is 54.6 Å². The smallest absolute Gasteiger partial charge is 0.408 e. The fourth-order valence-corrected chi connectivity index (χ4v) is 3.37. The molecule has 0 bridgehead atoms. The van der Waals surface area contributed by atoms with Crippen LogP contribution in [0.25, 0.3) is 0 Å². The van der Waals surface area contributed by atoms with Gasteiger partial charge in [0.15, 0.2) is 0 Å². The van der Waals surface area contributed by atoms with Crippen LogP contribution in [-0.2, 0) is 19.1 Å². The van der Waals surface area contributed by atoms with Crippen LogP contribution in [0.3, 0.4) is 0 Å². The van der Waals surface area contributed by atoms with Crippen LogP contribution in [0, 0.1) is 12.5 Å². The molecule has 0 heterocycles.